The summed E-state index contributed by atoms with van der Waals surface area (Å²) in [6.45, 7) is 7.88. The van der Waals surface area contributed by atoms with Gasteiger partial charge in [0.15, 0.2) is 0 Å². The monoisotopic (exact) mass is 263 g/mol. The highest BCUT2D eigenvalue weighted by Crippen LogP contribution is 2.19. The number of carbonyl (C=O) groups excluding carboxylic acids is 1. The summed E-state index contributed by atoms with van der Waals surface area (Å²) in [7, 11) is 0. The van der Waals surface area contributed by atoms with Crippen molar-refractivity contribution in [2.75, 3.05) is 24.5 Å². The molecule has 1 aromatic rings. The molecule has 2 rings (SSSR count). The Bertz CT molecular complexity index is 428. The van der Waals surface area contributed by atoms with Crippen molar-refractivity contribution < 1.29 is 9.53 Å². The second-order valence-electron chi connectivity index (χ2n) is 5.66. The van der Waals surface area contributed by atoms with Gasteiger partial charge in [-0.05, 0) is 32.9 Å². The van der Waals surface area contributed by atoms with Crippen molar-refractivity contribution in [2.24, 2.45) is 0 Å². The van der Waals surface area contributed by atoms with Gasteiger partial charge in [0.2, 0.25) is 0 Å². The lowest BCUT2D eigenvalue weighted by Gasteiger charge is -2.37. The van der Waals surface area contributed by atoms with Gasteiger partial charge in [-0.2, -0.15) is 0 Å². The Morgan fingerprint density at radius 3 is 2.95 bits per heavy atom. The highest BCUT2D eigenvalue weighted by molar-refractivity contribution is 5.81. The number of nitrogens with one attached hydrogen (secondary N) is 1. The molecule has 1 aromatic heterocycles. The predicted octanol–water partition coefficient (Wildman–Crippen LogP) is 1.20. The lowest BCUT2D eigenvalue weighted by molar-refractivity contribution is -0.156. The largest absolute Gasteiger partial charge is 0.458 e. The first-order valence-corrected chi connectivity index (χ1v) is 6.57. The van der Waals surface area contributed by atoms with Crippen LogP contribution in [0.1, 0.15) is 20.8 Å². The minimum Gasteiger partial charge on any atom is -0.458 e. The summed E-state index contributed by atoms with van der Waals surface area (Å²) in [6, 6.07) is 3.55. The van der Waals surface area contributed by atoms with Crippen LogP contribution in [-0.4, -0.2) is 42.2 Å². The van der Waals surface area contributed by atoms with E-state index in [4.69, 9.17) is 4.74 Å². The van der Waals surface area contributed by atoms with Crippen LogP contribution in [0.5, 0.6) is 0 Å². The summed E-state index contributed by atoms with van der Waals surface area (Å²) in [5.41, 5.74) is 0.495. The molecular weight excluding hydrogens is 242 g/mol. The van der Waals surface area contributed by atoms with Gasteiger partial charge in [-0.1, -0.05) is 0 Å². The normalized spacial score (nSPS) is 20.2. The van der Waals surface area contributed by atoms with Crippen LogP contribution in [0.2, 0.25) is 0 Å². The zero-order valence-corrected chi connectivity index (χ0v) is 11.7. The number of piperazine rings is 1. The fourth-order valence-electron chi connectivity index (χ4n) is 2.12. The quantitative estimate of drug-likeness (QED) is 0.813. The summed E-state index contributed by atoms with van der Waals surface area (Å²) in [5.74, 6) is -0.191. The Morgan fingerprint density at radius 2 is 2.32 bits per heavy atom. The van der Waals surface area contributed by atoms with Crippen LogP contribution in [0.3, 0.4) is 0 Å². The molecule has 0 amide bonds. The molecule has 1 aliphatic heterocycles. The van der Waals surface area contributed by atoms with Crippen LogP contribution >= 0.6 is 0 Å². The van der Waals surface area contributed by atoms with E-state index in [1.165, 1.54) is 0 Å². The predicted molar refractivity (Wildman–Crippen MR) is 74.1 cm³/mol. The number of pyridine rings is 1. The number of esters is 1. The van der Waals surface area contributed by atoms with E-state index < -0.39 is 5.60 Å². The van der Waals surface area contributed by atoms with Crippen LogP contribution in [-0.2, 0) is 9.53 Å². The van der Waals surface area contributed by atoms with Crippen LogP contribution < -0.4 is 10.2 Å². The minimum atomic E-state index is -0.463. The lowest BCUT2D eigenvalue weighted by atomic mass is 10.1. The number of aromatic nitrogens is 1. The van der Waals surface area contributed by atoms with E-state index in [1.807, 2.05) is 32.9 Å². The average Bonchev–Trinajstić information content (AvgIpc) is 2.38. The SMILES string of the molecule is CC(C)(C)OC(=O)C1CNCCN1c1cccnc1. The van der Waals surface area contributed by atoms with E-state index in [-0.39, 0.29) is 12.0 Å². The Balaban J connectivity index is 2.15. The summed E-state index contributed by atoms with van der Waals surface area (Å²) in [6.07, 6.45) is 3.51. The summed E-state index contributed by atoms with van der Waals surface area (Å²) in [5, 5.41) is 3.24. The van der Waals surface area contributed by atoms with Crippen LogP contribution in [0.25, 0.3) is 0 Å². The topological polar surface area (TPSA) is 54.5 Å². The Labute approximate surface area is 114 Å². The molecule has 2 heterocycles. The third-order valence-electron chi connectivity index (χ3n) is 2.90. The molecule has 0 aromatic carbocycles. The zero-order valence-electron chi connectivity index (χ0n) is 11.7. The molecule has 0 radical (unpaired) electrons. The van der Waals surface area contributed by atoms with Gasteiger partial charge < -0.3 is 15.0 Å². The number of carbonyl (C=O) groups is 1. The van der Waals surface area contributed by atoms with Crippen molar-refractivity contribution in [1.82, 2.24) is 10.3 Å². The molecular formula is C14H21N3O2. The maximum atomic E-state index is 12.3. The van der Waals surface area contributed by atoms with Crippen molar-refractivity contribution in [2.45, 2.75) is 32.4 Å². The van der Waals surface area contributed by atoms with E-state index >= 15 is 0 Å². The van der Waals surface area contributed by atoms with Gasteiger partial charge in [-0.25, -0.2) is 4.79 Å². The van der Waals surface area contributed by atoms with Crippen molar-refractivity contribution in [1.29, 1.82) is 0 Å². The molecule has 5 heteroatoms. The molecule has 0 spiro atoms. The summed E-state index contributed by atoms with van der Waals surface area (Å²) >= 11 is 0. The van der Waals surface area contributed by atoms with Crippen LogP contribution in [0.4, 0.5) is 5.69 Å². The van der Waals surface area contributed by atoms with E-state index in [9.17, 15) is 4.79 Å². The second kappa shape index (κ2) is 5.57. The van der Waals surface area contributed by atoms with Gasteiger partial charge in [-0.3, -0.25) is 4.98 Å². The zero-order chi connectivity index (χ0) is 13.9. The number of rotatable bonds is 2. The number of nitrogens with zero attached hydrogens (tertiary/aromatic N) is 2. The average molecular weight is 263 g/mol. The molecule has 1 N–H and O–H groups in total. The van der Waals surface area contributed by atoms with Gasteiger partial charge >= 0.3 is 5.97 Å². The van der Waals surface area contributed by atoms with Gasteiger partial charge in [0.25, 0.3) is 0 Å². The summed E-state index contributed by atoms with van der Waals surface area (Å²) < 4.78 is 5.49. The molecule has 0 saturated carbocycles. The molecule has 5 nitrogen and oxygen atoms in total. The molecule has 104 valence electrons. The standard InChI is InChI=1S/C14H21N3O2/c1-14(2,3)19-13(18)12-10-16-7-8-17(12)11-5-4-6-15-9-11/h4-6,9,12,16H,7-8,10H2,1-3H3. The third kappa shape index (κ3) is 3.67. The van der Waals surface area contributed by atoms with E-state index in [0.717, 1.165) is 18.8 Å². The first-order chi connectivity index (χ1) is 8.97. The lowest BCUT2D eigenvalue weighted by Crippen LogP contribution is -2.56. The summed E-state index contributed by atoms with van der Waals surface area (Å²) in [4.78, 5) is 18.4. The van der Waals surface area contributed by atoms with Gasteiger partial charge in [0, 0.05) is 25.8 Å². The third-order valence-corrected chi connectivity index (χ3v) is 2.90. The molecule has 1 aliphatic rings. The fourth-order valence-corrected chi connectivity index (χ4v) is 2.12. The molecule has 1 fully saturated rings. The van der Waals surface area contributed by atoms with Crippen LogP contribution in [0.15, 0.2) is 24.5 Å². The maximum absolute atomic E-state index is 12.3. The van der Waals surface area contributed by atoms with Gasteiger partial charge in [0.05, 0.1) is 11.9 Å². The number of anilines is 1. The van der Waals surface area contributed by atoms with E-state index in [1.54, 1.807) is 12.4 Å². The highest BCUT2D eigenvalue weighted by atomic mass is 16.6. The van der Waals surface area contributed by atoms with Crippen molar-refractivity contribution in [3.05, 3.63) is 24.5 Å². The second-order valence-corrected chi connectivity index (χ2v) is 5.66. The number of hydrogen-bond donors (Lipinski definition) is 1. The Morgan fingerprint density at radius 1 is 1.53 bits per heavy atom. The van der Waals surface area contributed by atoms with Crippen molar-refractivity contribution >= 4 is 11.7 Å². The molecule has 1 unspecified atom stereocenters. The van der Waals surface area contributed by atoms with E-state index in [0.29, 0.717) is 6.54 Å². The van der Waals surface area contributed by atoms with Gasteiger partial charge in [-0.15, -0.1) is 0 Å². The van der Waals surface area contributed by atoms with Crippen LogP contribution in [0, 0.1) is 0 Å². The molecule has 1 atom stereocenters. The molecule has 19 heavy (non-hydrogen) atoms. The highest BCUT2D eigenvalue weighted by Gasteiger charge is 2.32. The van der Waals surface area contributed by atoms with Gasteiger partial charge in [0.1, 0.15) is 11.6 Å². The minimum absolute atomic E-state index is 0.191. The molecule has 0 aliphatic carbocycles. The first-order valence-electron chi connectivity index (χ1n) is 6.57. The molecule has 0 bridgehead atoms. The fraction of sp³-hybridized carbons (Fsp3) is 0.571. The number of hydrogen-bond acceptors (Lipinski definition) is 5. The van der Waals surface area contributed by atoms with E-state index in [2.05, 4.69) is 15.2 Å². The van der Waals surface area contributed by atoms with Crippen molar-refractivity contribution in [3.63, 3.8) is 0 Å². The maximum Gasteiger partial charge on any atom is 0.330 e. The van der Waals surface area contributed by atoms with Crippen molar-refractivity contribution in [3.8, 4) is 0 Å². The first kappa shape index (κ1) is 13.8. The Kier molecular flexibility index (Phi) is 4.04. The Hall–Kier alpha value is -1.62. The molecule has 1 saturated heterocycles. The number of ether oxygens (including phenoxy) is 1. The smallest absolute Gasteiger partial charge is 0.330 e.